The Kier molecular flexibility index (Phi) is 6.06. The van der Waals surface area contributed by atoms with Crippen LogP contribution in [0.15, 0.2) is 71.2 Å². The average molecular weight is 535 g/mol. The fourth-order valence-electron chi connectivity index (χ4n) is 4.57. The number of carboxylic acid groups (broad SMARTS) is 1. The fraction of sp³-hybridized carbons (Fsp3) is 0.222. The maximum absolute atomic E-state index is 12.9. The molecule has 5 rings (SSSR count). The van der Waals surface area contributed by atoms with Crippen LogP contribution in [0.2, 0.25) is 0 Å². The number of aromatic carboxylic acids is 1. The van der Waals surface area contributed by atoms with Gasteiger partial charge in [0.2, 0.25) is 5.91 Å². The first-order valence-corrected chi connectivity index (χ1v) is 12.1. The monoisotopic (exact) mass is 534 g/mol. The second-order valence-corrected chi connectivity index (χ2v) is 9.86. The Bertz CT molecular complexity index is 1290. The van der Waals surface area contributed by atoms with Crippen LogP contribution in [0, 0.1) is 5.41 Å². The van der Waals surface area contributed by atoms with Gasteiger partial charge in [0.25, 0.3) is 0 Å². The van der Waals surface area contributed by atoms with E-state index in [1.807, 2.05) is 24.3 Å². The van der Waals surface area contributed by atoms with Gasteiger partial charge in [-0.2, -0.15) is 0 Å². The molecule has 3 aromatic carbocycles. The fourth-order valence-corrected chi connectivity index (χ4v) is 5.07. The van der Waals surface area contributed by atoms with Crippen LogP contribution in [-0.4, -0.2) is 36.2 Å². The Morgan fingerprint density at radius 2 is 1.60 bits per heavy atom. The van der Waals surface area contributed by atoms with Gasteiger partial charge in [0.05, 0.1) is 11.0 Å². The van der Waals surface area contributed by atoms with Crippen LogP contribution >= 0.6 is 15.9 Å². The molecule has 2 aliphatic carbocycles. The first-order valence-electron chi connectivity index (χ1n) is 11.3. The van der Waals surface area contributed by atoms with Crippen LogP contribution in [0.4, 0.5) is 10.5 Å². The summed E-state index contributed by atoms with van der Waals surface area (Å²) in [4.78, 5) is 36.7. The predicted molar refractivity (Wildman–Crippen MR) is 134 cm³/mol. The van der Waals surface area contributed by atoms with Crippen LogP contribution in [0.25, 0.3) is 11.1 Å². The molecular formula is C27H23BrN2O5. The number of benzene rings is 3. The van der Waals surface area contributed by atoms with E-state index in [9.17, 15) is 19.5 Å². The third-order valence-electron chi connectivity index (χ3n) is 6.65. The van der Waals surface area contributed by atoms with Crippen molar-refractivity contribution in [3.05, 3.63) is 87.9 Å². The summed E-state index contributed by atoms with van der Waals surface area (Å²) in [7, 11) is 0. The lowest BCUT2D eigenvalue weighted by atomic mass is 9.98. The van der Waals surface area contributed by atoms with Crippen LogP contribution in [0.1, 0.15) is 40.2 Å². The van der Waals surface area contributed by atoms with E-state index < -0.39 is 17.5 Å². The molecule has 3 N–H and O–H groups in total. The van der Waals surface area contributed by atoms with Crippen molar-refractivity contribution in [3.63, 3.8) is 0 Å². The Morgan fingerprint density at radius 1 is 0.971 bits per heavy atom. The molecule has 3 aromatic rings. The Hall–Kier alpha value is -3.65. The summed E-state index contributed by atoms with van der Waals surface area (Å²) in [5.74, 6) is -1.38. The van der Waals surface area contributed by atoms with Crippen molar-refractivity contribution in [2.24, 2.45) is 5.41 Å². The number of carbonyl (C=O) groups excluding carboxylic acids is 2. The Morgan fingerprint density at radius 3 is 2.20 bits per heavy atom. The molecule has 0 spiro atoms. The standard InChI is InChI=1S/C27H23BrN2O5/c28-17-11-16(24(31)32)12-18(13-17)30-25(33)27(9-10-27)15-29-26(34)35-14-23-21-7-3-1-5-19(21)20-6-2-4-8-22(20)23/h1-8,11-13,23H,9-10,14-15H2,(H,29,34)(H,30,33)(H,31,32). The maximum Gasteiger partial charge on any atom is 0.407 e. The number of nitrogens with one attached hydrogen (secondary N) is 2. The van der Waals surface area contributed by atoms with E-state index in [2.05, 4.69) is 50.8 Å². The van der Waals surface area contributed by atoms with Crippen molar-refractivity contribution in [3.8, 4) is 11.1 Å². The molecule has 0 saturated heterocycles. The van der Waals surface area contributed by atoms with Gasteiger partial charge in [0, 0.05) is 22.6 Å². The molecule has 2 aliphatic rings. The number of carbonyl (C=O) groups is 3. The van der Waals surface area contributed by atoms with Gasteiger partial charge in [0.1, 0.15) is 6.61 Å². The van der Waals surface area contributed by atoms with Gasteiger partial charge in [-0.15, -0.1) is 0 Å². The summed E-state index contributed by atoms with van der Waals surface area (Å²) in [6, 6.07) is 20.7. The highest BCUT2D eigenvalue weighted by molar-refractivity contribution is 9.10. The van der Waals surface area contributed by atoms with Gasteiger partial charge in [-0.25, -0.2) is 9.59 Å². The summed E-state index contributed by atoms with van der Waals surface area (Å²) < 4.78 is 6.12. The van der Waals surface area contributed by atoms with Crippen molar-refractivity contribution in [2.45, 2.75) is 18.8 Å². The smallest absolute Gasteiger partial charge is 0.407 e. The highest BCUT2D eigenvalue weighted by Crippen LogP contribution is 2.46. The van der Waals surface area contributed by atoms with E-state index in [4.69, 9.17) is 4.74 Å². The number of anilines is 1. The number of hydrogen-bond acceptors (Lipinski definition) is 4. The van der Waals surface area contributed by atoms with Crippen LogP contribution in [0.5, 0.6) is 0 Å². The molecule has 0 bridgehead atoms. The van der Waals surface area contributed by atoms with Crippen molar-refractivity contribution in [1.29, 1.82) is 0 Å². The Labute approximate surface area is 210 Å². The van der Waals surface area contributed by atoms with Crippen molar-refractivity contribution in [1.82, 2.24) is 5.32 Å². The van der Waals surface area contributed by atoms with E-state index >= 15 is 0 Å². The first-order chi connectivity index (χ1) is 16.9. The zero-order valence-corrected chi connectivity index (χ0v) is 20.3. The third kappa shape index (κ3) is 4.66. The molecule has 178 valence electrons. The molecule has 8 heteroatoms. The van der Waals surface area contributed by atoms with Gasteiger partial charge in [-0.3, -0.25) is 4.79 Å². The van der Waals surface area contributed by atoms with Gasteiger partial charge in [0.15, 0.2) is 0 Å². The van der Waals surface area contributed by atoms with Gasteiger partial charge < -0.3 is 20.5 Å². The molecule has 7 nitrogen and oxygen atoms in total. The average Bonchev–Trinajstić information content (AvgIpc) is 3.58. The van der Waals surface area contributed by atoms with E-state index in [0.717, 1.165) is 22.3 Å². The minimum atomic E-state index is -1.08. The lowest BCUT2D eigenvalue weighted by Crippen LogP contribution is -2.37. The van der Waals surface area contributed by atoms with E-state index in [1.165, 1.54) is 12.1 Å². The SMILES string of the molecule is O=C(NCC1(C(=O)Nc2cc(Br)cc(C(=O)O)c2)CC1)OCC1c2ccccc2-c2ccccc21. The number of rotatable bonds is 7. The van der Waals surface area contributed by atoms with Crippen molar-refractivity contribution in [2.75, 3.05) is 18.5 Å². The van der Waals surface area contributed by atoms with Crippen molar-refractivity contribution < 1.29 is 24.2 Å². The van der Waals surface area contributed by atoms with Gasteiger partial charge in [-0.1, -0.05) is 64.5 Å². The molecule has 0 aromatic heterocycles. The zero-order chi connectivity index (χ0) is 24.6. The van der Waals surface area contributed by atoms with Crippen LogP contribution < -0.4 is 10.6 Å². The van der Waals surface area contributed by atoms with Gasteiger partial charge >= 0.3 is 12.1 Å². The molecule has 35 heavy (non-hydrogen) atoms. The highest BCUT2D eigenvalue weighted by atomic mass is 79.9. The van der Waals surface area contributed by atoms with Crippen LogP contribution in [0.3, 0.4) is 0 Å². The molecule has 1 fully saturated rings. The quantitative estimate of drug-likeness (QED) is 0.376. The second-order valence-electron chi connectivity index (χ2n) is 8.95. The number of carboxylic acids is 1. The number of fused-ring (bicyclic) bond motifs is 3. The zero-order valence-electron chi connectivity index (χ0n) is 18.7. The number of amides is 2. The molecule has 1 saturated carbocycles. The van der Waals surface area contributed by atoms with E-state index in [-0.39, 0.29) is 30.5 Å². The molecule has 0 aliphatic heterocycles. The Balaban J connectivity index is 1.18. The van der Waals surface area contributed by atoms with Gasteiger partial charge in [-0.05, 0) is 53.3 Å². The molecule has 0 unspecified atom stereocenters. The maximum atomic E-state index is 12.9. The summed E-state index contributed by atoms with van der Waals surface area (Å²) in [5, 5.41) is 14.7. The third-order valence-corrected chi connectivity index (χ3v) is 7.11. The second kappa shape index (κ2) is 9.19. The largest absolute Gasteiger partial charge is 0.478 e. The normalized spacial score (nSPS) is 15.0. The number of hydrogen-bond donors (Lipinski definition) is 3. The number of halogens is 1. The van der Waals surface area contributed by atoms with E-state index in [0.29, 0.717) is 23.0 Å². The first kappa shape index (κ1) is 23.1. The van der Waals surface area contributed by atoms with E-state index in [1.54, 1.807) is 6.07 Å². The van der Waals surface area contributed by atoms with Crippen molar-refractivity contribution >= 4 is 39.6 Å². The minimum absolute atomic E-state index is 0.0358. The lowest BCUT2D eigenvalue weighted by molar-refractivity contribution is -0.120. The molecule has 0 atom stereocenters. The topological polar surface area (TPSA) is 105 Å². The summed E-state index contributed by atoms with van der Waals surface area (Å²) in [5.41, 5.74) is 4.31. The molecule has 0 radical (unpaired) electrons. The summed E-state index contributed by atoms with van der Waals surface area (Å²) in [6.45, 7) is 0.352. The minimum Gasteiger partial charge on any atom is -0.478 e. The summed E-state index contributed by atoms with van der Waals surface area (Å²) >= 11 is 3.26. The van der Waals surface area contributed by atoms with Crippen LogP contribution in [-0.2, 0) is 9.53 Å². The highest BCUT2D eigenvalue weighted by Gasteiger charge is 2.50. The molecule has 0 heterocycles. The summed E-state index contributed by atoms with van der Waals surface area (Å²) in [6.07, 6.45) is 0.687. The number of alkyl carbamates (subject to hydrolysis) is 1. The molecule has 2 amide bonds. The lowest BCUT2D eigenvalue weighted by Gasteiger charge is -2.18. The number of ether oxygens (including phenoxy) is 1. The predicted octanol–water partition coefficient (Wildman–Crippen LogP) is 5.40. The molecular weight excluding hydrogens is 512 g/mol.